The Kier molecular flexibility index (Phi) is 3.76. The van der Waals surface area contributed by atoms with Crippen LogP contribution in [0.15, 0.2) is 6.20 Å². The van der Waals surface area contributed by atoms with E-state index in [1.54, 1.807) is 0 Å². The van der Waals surface area contributed by atoms with Gasteiger partial charge in [-0.3, -0.25) is 4.68 Å². The fraction of sp³-hybridized carbons (Fsp3) is 0.583. The summed E-state index contributed by atoms with van der Waals surface area (Å²) < 4.78 is 2.04. The van der Waals surface area contributed by atoms with Gasteiger partial charge in [-0.05, 0) is 13.3 Å². The van der Waals surface area contributed by atoms with Crippen molar-refractivity contribution in [2.24, 2.45) is 0 Å². The first-order chi connectivity index (χ1) is 6.94. The molecule has 0 amide bonds. The highest BCUT2D eigenvalue weighted by Gasteiger charge is 2.08. The molecule has 0 bridgehead atoms. The summed E-state index contributed by atoms with van der Waals surface area (Å²) in [4.78, 5) is 0. The predicted molar refractivity (Wildman–Crippen MR) is 67.5 cm³/mol. The molecule has 1 aromatic heterocycles. The van der Waals surface area contributed by atoms with Crippen LogP contribution in [0, 0.1) is 18.4 Å². The zero-order chi connectivity index (χ0) is 11.5. The molecule has 3 heteroatoms. The van der Waals surface area contributed by atoms with Crippen molar-refractivity contribution in [2.45, 2.75) is 46.5 Å². The predicted octanol–water partition coefficient (Wildman–Crippen LogP) is 2.83. The molecule has 1 heterocycles. The van der Waals surface area contributed by atoms with Crippen molar-refractivity contribution in [3.05, 3.63) is 17.5 Å². The van der Waals surface area contributed by atoms with Gasteiger partial charge in [0.15, 0.2) is 0 Å². The van der Waals surface area contributed by atoms with E-state index in [0.29, 0.717) is 0 Å². The average molecular weight is 220 g/mol. The van der Waals surface area contributed by atoms with E-state index in [9.17, 15) is 0 Å². The first kappa shape index (κ1) is 12.1. The van der Waals surface area contributed by atoms with Gasteiger partial charge < -0.3 is 0 Å². The molecule has 0 unspecified atom stereocenters. The third kappa shape index (κ3) is 3.56. The van der Waals surface area contributed by atoms with E-state index < -0.39 is 8.07 Å². The molecule has 0 N–H and O–H groups in total. The minimum absolute atomic E-state index is 0.987. The standard InChI is InChI=1S/C12H20N2Si/c1-6-8-14-11(2)12(10-13-14)7-9-15(3,4)5/h10H,6,8H2,1-5H3. The van der Waals surface area contributed by atoms with E-state index in [-0.39, 0.29) is 0 Å². The Morgan fingerprint density at radius 2 is 2.07 bits per heavy atom. The summed E-state index contributed by atoms with van der Waals surface area (Å²) in [5.74, 6) is 3.26. The molecule has 0 saturated carbocycles. The van der Waals surface area contributed by atoms with Crippen LogP contribution in [0.4, 0.5) is 0 Å². The minimum Gasteiger partial charge on any atom is -0.269 e. The molecule has 0 aliphatic carbocycles. The second-order valence-electron chi connectivity index (χ2n) is 4.87. The Morgan fingerprint density at radius 3 is 2.60 bits per heavy atom. The molecule has 1 aromatic rings. The molecule has 0 fully saturated rings. The largest absolute Gasteiger partial charge is 0.269 e. The van der Waals surface area contributed by atoms with Crippen molar-refractivity contribution in [3.8, 4) is 11.5 Å². The zero-order valence-corrected chi connectivity index (χ0v) is 11.4. The molecule has 2 nitrogen and oxygen atoms in total. The molecule has 1 rings (SSSR count). The third-order valence-corrected chi connectivity index (χ3v) is 2.99. The molecule has 0 radical (unpaired) electrons. The van der Waals surface area contributed by atoms with Crippen molar-refractivity contribution < 1.29 is 0 Å². The molecule has 0 aliphatic heterocycles. The molecule has 0 aromatic carbocycles. The van der Waals surface area contributed by atoms with Gasteiger partial charge in [0.2, 0.25) is 0 Å². The zero-order valence-electron chi connectivity index (χ0n) is 10.4. The van der Waals surface area contributed by atoms with Crippen LogP contribution in [0.1, 0.15) is 24.6 Å². The molecule has 0 spiro atoms. The van der Waals surface area contributed by atoms with E-state index in [1.807, 2.05) is 10.9 Å². The fourth-order valence-corrected chi connectivity index (χ4v) is 1.77. The normalized spacial score (nSPS) is 11.0. The minimum atomic E-state index is -1.27. The van der Waals surface area contributed by atoms with Crippen LogP contribution in [-0.2, 0) is 6.54 Å². The van der Waals surface area contributed by atoms with Crippen molar-refractivity contribution in [1.29, 1.82) is 0 Å². The van der Waals surface area contributed by atoms with E-state index in [1.165, 1.54) is 5.69 Å². The van der Waals surface area contributed by atoms with Gasteiger partial charge in [0.05, 0.1) is 17.5 Å². The van der Waals surface area contributed by atoms with Gasteiger partial charge in [0.25, 0.3) is 0 Å². The molecule has 0 saturated heterocycles. The second-order valence-corrected chi connectivity index (χ2v) is 9.62. The van der Waals surface area contributed by atoms with Gasteiger partial charge in [-0.15, -0.1) is 5.54 Å². The first-order valence-electron chi connectivity index (χ1n) is 5.49. The van der Waals surface area contributed by atoms with Crippen LogP contribution < -0.4 is 0 Å². The number of hydrogen-bond acceptors (Lipinski definition) is 1. The fourth-order valence-electron chi connectivity index (χ4n) is 1.26. The Morgan fingerprint density at radius 1 is 1.40 bits per heavy atom. The Labute approximate surface area is 93.7 Å². The lowest BCUT2D eigenvalue weighted by molar-refractivity contribution is 0.587. The highest BCUT2D eigenvalue weighted by atomic mass is 28.3. The molecule has 0 atom stereocenters. The quantitative estimate of drug-likeness (QED) is 0.553. The maximum absolute atomic E-state index is 4.34. The average Bonchev–Trinajstić information content (AvgIpc) is 2.45. The van der Waals surface area contributed by atoms with Crippen molar-refractivity contribution in [3.63, 3.8) is 0 Å². The topological polar surface area (TPSA) is 17.8 Å². The Balaban J connectivity index is 2.91. The van der Waals surface area contributed by atoms with Gasteiger partial charge in [0, 0.05) is 6.54 Å². The summed E-state index contributed by atoms with van der Waals surface area (Å²) in [7, 11) is -1.27. The van der Waals surface area contributed by atoms with Crippen molar-refractivity contribution >= 4 is 8.07 Å². The summed E-state index contributed by atoms with van der Waals surface area (Å²) >= 11 is 0. The van der Waals surface area contributed by atoms with Crippen LogP contribution in [0.25, 0.3) is 0 Å². The first-order valence-corrected chi connectivity index (χ1v) is 8.99. The Hall–Kier alpha value is -1.01. The van der Waals surface area contributed by atoms with E-state index in [0.717, 1.165) is 18.5 Å². The lowest BCUT2D eigenvalue weighted by Crippen LogP contribution is -2.16. The van der Waals surface area contributed by atoms with E-state index in [2.05, 4.69) is 50.1 Å². The maximum Gasteiger partial charge on any atom is 0.129 e. The highest BCUT2D eigenvalue weighted by molar-refractivity contribution is 6.83. The second kappa shape index (κ2) is 4.67. The summed E-state index contributed by atoms with van der Waals surface area (Å²) in [6, 6.07) is 0. The number of nitrogens with zero attached hydrogens (tertiary/aromatic N) is 2. The third-order valence-electron chi connectivity index (χ3n) is 2.11. The number of aromatic nitrogens is 2. The van der Waals surface area contributed by atoms with Crippen LogP contribution in [0.5, 0.6) is 0 Å². The smallest absolute Gasteiger partial charge is 0.129 e. The van der Waals surface area contributed by atoms with E-state index >= 15 is 0 Å². The molecular formula is C12H20N2Si. The lowest BCUT2D eigenvalue weighted by Gasteiger charge is -2.03. The maximum atomic E-state index is 4.34. The number of rotatable bonds is 2. The Bertz CT molecular complexity index is 388. The van der Waals surface area contributed by atoms with Crippen LogP contribution >= 0.6 is 0 Å². The van der Waals surface area contributed by atoms with Crippen LogP contribution in [0.3, 0.4) is 0 Å². The highest BCUT2D eigenvalue weighted by Crippen LogP contribution is 2.07. The molecular weight excluding hydrogens is 200 g/mol. The summed E-state index contributed by atoms with van der Waals surface area (Å²) in [5.41, 5.74) is 5.66. The van der Waals surface area contributed by atoms with Crippen LogP contribution in [-0.4, -0.2) is 17.9 Å². The van der Waals surface area contributed by atoms with Crippen molar-refractivity contribution in [2.75, 3.05) is 0 Å². The summed E-state index contributed by atoms with van der Waals surface area (Å²) in [5, 5.41) is 4.34. The van der Waals surface area contributed by atoms with Gasteiger partial charge in [0.1, 0.15) is 8.07 Å². The van der Waals surface area contributed by atoms with Gasteiger partial charge >= 0.3 is 0 Å². The lowest BCUT2D eigenvalue weighted by atomic mass is 10.3. The SMILES string of the molecule is CCCn1ncc(C#C[Si](C)(C)C)c1C. The van der Waals surface area contributed by atoms with Crippen molar-refractivity contribution in [1.82, 2.24) is 9.78 Å². The number of aryl methyl sites for hydroxylation is 1. The molecule has 0 aliphatic rings. The van der Waals surface area contributed by atoms with Crippen LogP contribution in [0.2, 0.25) is 19.6 Å². The summed E-state index contributed by atoms with van der Waals surface area (Å²) in [6.45, 7) is 12.0. The molecule has 15 heavy (non-hydrogen) atoms. The number of hydrogen-bond donors (Lipinski definition) is 0. The molecule has 82 valence electrons. The van der Waals surface area contributed by atoms with Gasteiger partial charge in [-0.1, -0.05) is 32.5 Å². The van der Waals surface area contributed by atoms with Gasteiger partial charge in [-0.25, -0.2) is 0 Å². The van der Waals surface area contributed by atoms with Gasteiger partial charge in [-0.2, -0.15) is 5.10 Å². The summed E-state index contributed by atoms with van der Waals surface area (Å²) in [6.07, 6.45) is 3.00. The monoisotopic (exact) mass is 220 g/mol. The van der Waals surface area contributed by atoms with E-state index in [4.69, 9.17) is 0 Å².